The lowest BCUT2D eigenvalue weighted by molar-refractivity contribution is -0.132. The number of hydrogen-bond acceptors (Lipinski definition) is 8. The summed E-state index contributed by atoms with van der Waals surface area (Å²) in [5.74, 6) is -1.50. The summed E-state index contributed by atoms with van der Waals surface area (Å²) in [6, 6.07) is 0.130. The molecule has 10 heteroatoms. The van der Waals surface area contributed by atoms with Crippen LogP contribution in [0.1, 0.15) is 33.6 Å². The molecule has 0 fully saturated rings. The molecule has 4 aromatic rings. The zero-order valence-electron chi connectivity index (χ0n) is 17.4. The number of thiophene rings is 2. The summed E-state index contributed by atoms with van der Waals surface area (Å²) >= 11 is 3.27. The summed E-state index contributed by atoms with van der Waals surface area (Å²) in [6.07, 6.45) is 6.52. The molecular formula is C22H20N4O4S2. The number of nitrogens with one attached hydrogen (secondary N) is 2. The number of carbonyl (C=O) groups excluding carboxylic acids is 2. The molecule has 8 nitrogen and oxygen atoms in total. The fourth-order valence-corrected chi connectivity index (χ4v) is 4.62. The second kappa shape index (κ2) is 9.75. The van der Waals surface area contributed by atoms with Gasteiger partial charge in [-0.3, -0.25) is 0 Å². The van der Waals surface area contributed by atoms with Gasteiger partial charge in [0, 0.05) is 36.4 Å². The molecule has 4 aromatic heterocycles. The van der Waals surface area contributed by atoms with Crippen molar-refractivity contribution in [3.8, 4) is 12.0 Å². The number of esters is 2. The molecule has 0 spiro atoms. The minimum atomic E-state index is -0.748. The molecule has 0 unspecified atom stereocenters. The van der Waals surface area contributed by atoms with E-state index in [0.717, 1.165) is 23.5 Å². The molecular weight excluding hydrogens is 448 g/mol. The van der Waals surface area contributed by atoms with Crippen LogP contribution in [-0.4, -0.2) is 31.9 Å². The second-order valence-corrected chi connectivity index (χ2v) is 8.60. The van der Waals surface area contributed by atoms with E-state index >= 15 is 0 Å². The van der Waals surface area contributed by atoms with Crippen LogP contribution < -0.4 is 9.47 Å². The third-order valence-electron chi connectivity index (χ3n) is 4.65. The van der Waals surface area contributed by atoms with E-state index in [1.54, 1.807) is 35.1 Å². The first-order chi connectivity index (χ1) is 15.5. The van der Waals surface area contributed by atoms with Gasteiger partial charge in [0.2, 0.25) is 0 Å². The normalized spacial score (nSPS) is 11.2. The van der Waals surface area contributed by atoms with Crippen molar-refractivity contribution in [3.05, 3.63) is 79.7 Å². The summed E-state index contributed by atoms with van der Waals surface area (Å²) in [6.45, 7) is 4.09. The lowest BCUT2D eigenvalue weighted by Gasteiger charge is -1.98. The van der Waals surface area contributed by atoms with Gasteiger partial charge < -0.3 is 19.4 Å². The smallest absolute Gasteiger partial charge is 0.338 e. The monoisotopic (exact) mass is 468 g/mol. The first kappa shape index (κ1) is 21.7. The Labute approximate surface area is 192 Å². The van der Waals surface area contributed by atoms with Gasteiger partial charge in [0.1, 0.15) is 0 Å². The Morgan fingerprint density at radius 2 is 1.25 bits per heavy atom. The van der Waals surface area contributed by atoms with E-state index in [2.05, 4.69) is 41.5 Å². The quantitative estimate of drug-likeness (QED) is 0.297. The lowest BCUT2D eigenvalue weighted by Crippen LogP contribution is -2.09. The molecule has 32 heavy (non-hydrogen) atoms. The molecule has 4 rings (SSSR count). The fraction of sp³-hybridized carbons (Fsp3) is 0.182. The summed E-state index contributed by atoms with van der Waals surface area (Å²) in [7, 11) is 0. The number of H-pyrrole nitrogens is 2. The van der Waals surface area contributed by atoms with Gasteiger partial charge in [-0.25, -0.2) is 19.6 Å². The van der Waals surface area contributed by atoms with Crippen molar-refractivity contribution in [2.45, 2.75) is 26.7 Å². The Bertz CT molecular complexity index is 1170. The van der Waals surface area contributed by atoms with Gasteiger partial charge in [-0.2, -0.15) is 22.7 Å². The highest BCUT2D eigenvalue weighted by Crippen LogP contribution is 2.19. The van der Waals surface area contributed by atoms with Crippen LogP contribution in [0.5, 0.6) is 12.0 Å². The molecule has 0 aliphatic carbocycles. The minimum Gasteiger partial charge on any atom is -0.389 e. The molecule has 164 valence electrons. The number of imidazole rings is 2. The van der Waals surface area contributed by atoms with E-state index in [-0.39, 0.29) is 12.0 Å². The van der Waals surface area contributed by atoms with E-state index in [9.17, 15) is 9.59 Å². The summed E-state index contributed by atoms with van der Waals surface area (Å²) < 4.78 is 10.2. The van der Waals surface area contributed by atoms with Gasteiger partial charge in [-0.1, -0.05) is 0 Å². The fourth-order valence-electron chi connectivity index (χ4n) is 2.90. The predicted octanol–water partition coefficient (Wildman–Crippen LogP) is 4.12. The Hall–Kier alpha value is -3.50. The number of aromatic amines is 2. The van der Waals surface area contributed by atoms with E-state index < -0.39 is 11.9 Å². The maximum absolute atomic E-state index is 12.0. The van der Waals surface area contributed by atoms with Crippen LogP contribution in [0, 0.1) is 13.8 Å². The summed E-state index contributed by atoms with van der Waals surface area (Å²) in [5.41, 5.74) is 6.43. The predicted molar refractivity (Wildman–Crippen MR) is 121 cm³/mol. The second-order valence-electron chi connectivity index (χ2n) is 7.12. The topological polar surface area (TPSA) is 110 Å². The summed E-state index contributed by atoms with van der Waals surface area (Å²) in [5, 5.41) is 8.29. The van der Waals surface area contributed by atoms with E-state index in [4.69, 9.17) is 9.47 Å². The average Bonchev–Trinajstić information content (AvgIpc) is 3.54. The van der Waals surface area contributed by atoms with Gasteiger partial charge in [-0.05, 0) is 57.6 Å². The van der Waals surface area contributed by atoms with Crippen LogP contribution in [0.15, 0.2) is 46.1 Å². The van der Waals surface area contributed by atoms with Crippen LogP contribution in [0.3, 0.4) is 0 Å². The van der Waals surface area contributed by atoms with Crippen LogP contribution in [0.25, 0.3) is 0 Å². The molecule has 0 aromatic carbocycles. The Morgan fingerprint density at radius 1 is 0.812 bits per heavy atom. The highest BCUT2D eigenvalue weighted by atomic mass is 32.1. The SMILES string of the molecule is Cc1cscc1Cc1cnc(OC(=O)/C=C/C(=O)Oc2ncc(Cc3cscc3C)[nH]2)[nH]1. The van der Waals surface area contributed by atoms with Crippen molar-refractivity contribution in [1.29, 1.82) is 0 Å². The molecule has 0 saturated carbocycles. The van der Waals surface area contributed by atoms with Crippen LogP contribution in [0.4, 0.5) is 0 Å². The Kier molecular flexibility index (Phi) is 6.62. The number of rotatable bonds is 8. The zero-order valence-corrected chi connectivity index (χ0v) is 19.0. The highest BCUT2D eigenvalue weighted by molar-refractivity contribution is 7.08. The van der Waals surface area contributed by atoms with Gasteiger partial charge in [0.25, 0.3) is 0 Å². The van der Waals surface area contributed by atoms with Crippen LogP contribution in [0.2, 0.25) is 0 Å². The molecule has 2 N–H and O–H groups in total. The van der Waals surface area contributed by atoms with E-state index in [1.165, 1.54) is 22.3 Å². The van der Waals surface area contributed by atoms with E-state index in [1.807, 2.05) is 13.8 Å². The van der Waals surface area contributed by atoms with Crippen molar-refractivity contribution in [2.75, 3.05) is 0 Å². The number of hydrogen-bond donors (Lipinski definition) is 2. The molecule has 0 aliphatic rings. The molecule has 0 amide bonds. The van der Waals surface area contributed by atoms with E-state index in [0.29, 0.717) is 12.8 Å². The number of aryl methyl sites for hydroxylation is 2. The van der Waals surface area contributed by atoms with Crippen molar-refractivity contribution in [3.63, 3.8) is 0 Å². The van der Waals surface area contributed by atoms with Crippen LogP contribution >= 0.6 is 22.7 Å². The first-order valence-electron chi connectivity index (χ1n) is 9.69. The summed E-state index contributed by atoms with van der Waals surface area (Å²) in [4.78, 5) is 37.9. The van der Waals surface area contributed by atoms with Gasteiger partial charge in [0.15, 0.2) is 0 Å². The van der Waals surface area contributed by atoms with Gasteiger partial charge in [-0.15, -0.1) is 0 Å². The number of aromatic nitrogens is 4. The first-order valence-corrected chi connectivity index (χ1v) is 11.6. The third-order valence-corrected chi connectivity index (χ3v) is 6.47. The van der Waals surface area contributed by atoms with Crippen molar-refractivity contribution < 1.29 is 19.1 Å². The van der Waals surface area contributed by atoms with Crippen molar-refractivity contribution in [1.82, 2.24) is 19.9 Å². The molecule has 0 atom stereocenters. The largest absolute Gasteiger partial charge is 0.389 e. The lowest BCUT2D eigenvalue weighted by atomic mass is 10.1. The standard InChI is InChI=1S/C22H20N4O4S2/c1-13-9-31-11-15(13)5-17-7-23-21(25-17)29-19(27)3-4-20(28)30-22-24-8-18(26-22)6-16-12-32-10-14(16)2/h3-4,7-12H,5-6H2,1-2H3,(H,23,25)(H,24,26)/b4-3+. The molecule has 0 bridgehead atoms. The van der Waals surface area contributed by atoms with Crippen LogP contribution in [-0.2, 0) is 22.4 Å². The molecule has 0 aliphatic heterocycles. The maximum Gasteiger partial charge on any atom is 0.338 e. The highest BCUT2D eigenvalue weighted by Gasteiger charge is 2.11. The number of carbonyl (C=O) groups is 2. The molecule has 0 saturated heterocycles. The minimum absolute atomic E-state index is 0.0651. The van der Waals surface area contributed by atoms with Crippen molar-refractivity contribution >= 4 is 34.6 Å². The van der Waals surface area contributed by atoms with Gasteiger partial charge in [0.05, 0.1) is 12.4 Å². The molecule has 0 radical (unpaired) electrons. The van der Waals surface area contributed by atoms with Crippen molar-refractivity contribution in [2.24, 2.45) is 0 Å². The van der Waals surface area contributed by atoms with Gasteiger partial charge >= 0.3 is 24.0 Å². The average molecular weight is 469 g/mol. The molecule has 4 heterocycles. The zero-order chi connectivity index (χ0) is 22.5. The third kappa shape index (κ3) is 5.59. The number of ether oxygens (including phenoxy) is 2. The maximum atomic E-state index is 12.0. The number of nitrogens with zero attached hydrogens (tertiary/aromatic N) is 2. The Morgan fingerprint density at radius 3 is 1.62 bits per heavy atom. The Balaban J connectivity index is 1.26.